The molecule has 1 aliphatic carbocycles. The number of aromatic nitrogens is 2. The van der Waals surface area contributed by atoms with Crippen LogP contribution in [0.5, 0.6) is 0 Å². The Balaban J connectivity index is 1.33. The van der Waals surface area contributed by atoms with Gasteiger partial charge in [0.05, 0.1) is 17.8 Å². The Morgan fingerprint density at radius 1 is 1.20 bits per heavy atom. The second-order valence-corrected chi connectivity index (χ2v) is 14.5. The van der Waals surface area contributed by atoms with E-state index in [0.29, 0.717) is 21.0 Å². The molecule has 1 aromatic heterocycles. The number of aliphatic hydroxyl groups excluding tert-OH is 1. The highest BCUT2D eigenvalue weighted by Crippen LogP contribution is 2.51. The molecule has 0 unspecified atom stereocenters. The van der Waals surface area contributed by atoms with Crippen LogP contribution in [-0.2, 0) is 17.6 Å². The molecule has 1 spiro atoms. The maximum atomic E-state index is 12.6. The summed E-state index contributed by atoms with van der Waals surface area (Å²) >= 11 is 7.93. The first-order valence-corrected chi connectivity index (χ1v) is 15.6. The highest BCUT2D eigenvalue weighted by molar-refractivity contribution is 7.99. The van der Waals surface area contributed by atoms with Crippen LogP contribution in [0.2, 0.25) is 5.02 Å². The van der Waals surface area contributed by atoms with Gasteiger partial charge in [0, 0.05) is 29.3 Å². The molecule has 0 amide bonds. The summed E-state index contributed by atoms with van der Waals surface area (Å²) in [5, 5.41) is 11.9. The first-order chi connectivity index (χ1) is 16.7. The molecule has 0 radical (unpaired) electrons. The molecule has 2 aliphatic rings. The molecule has 2 aromatic carbocycles. The molecule has 5 rings (SSSR count). The van der Waals surface area contributed by atoms with Crippen LogP contribution in [-0.4, -0.2) is 41.5 Å². The lowest BCUT2D eigenvalue weighted by Crippen LogP contribution is -2.45. The molecule has 3 aromatic rings. The summed E-state index contributed by atoms with van der Waals surface area (Å²) in [6, 6.07) is 14.1. The van der Waals surface area contributed by atoms with Gasteiger partial charge in [-0.15, -0.1) is 0 Å². The standard InChI is InChI=1S/C26H30ClN4O2PS/c1-34(2,33)20-8-5-9-21(23(20)27)35-22-15-29-25(19(16-32)30-22)31-12-10-26(11-13-31)14-17-6-3-4-7-18(17)24(26)28/h3-9,15,24,32H,10-14,16,28H2,1-2H3/t24-/m1/s1. The number of benzene rings is 2. The first kappa shape index (κ1) is 24.8. The van der Waals surface area contributed by atoms with Gasteiger partial charge in [-0.1, -0.05) is 53.7 Å². The van der Waals surface area contributed by atoms with Gasteiger partial charge in [-0.2, -0.15) is 0 Å². The van der Waals surface area contributed by atoms with E-state index >= 15 is 0 Å². The summed E-state index contributed by atoms with van der Waals surface area (Å²) in [6.45, 7) is 4.87. The Morgan fingerprint density at radius 3 is 2.63 bits per heavy atom. The van der Waals surface area contributed by atoms with Gasteiger partial charge in [0.1, 0.15) is 17.9 Å². The van der Waals surface area contributed by atoms with Crippen LogP contribution in [0.4, 0.5) is 5.82 Å². The minimum Gasteiger partial charge on any atom is -0.390 e. The Labute approximate surface area is 215 Å². The Kier molecular flexibility index (Phi) is 6.75. The molecular formula is C26H30ClN4O2PS. The van der Waals surface area contributed by atoms with E-state index in [4.69, 9.17) is 22.3 Å². The van der Waals surface area contributed by atoms with Crippen molar-refractivity contribution in [2.75, 3.05) is 31.3 Å². The number of hydrogen-bond donors (Lipinski definition) is 2. The SMILES string of the molecule is CP(C)(=O)c1cccc(Sc2cnc(N3CCC4(CC3)Cc3ccccc3[C@H]4N)c(CO)n2)c1Cl. The highest BCUT2D eigenvalue weighted by atomic mass is 35.5. The first-order valence-electron chi connectivity index (χ1n) is 11.8. The minimum atomic E-state index is -2.50. The van der Waals surface area contributed by atoms with Crippen LogP contribution in [0.15, 0.2) is 58.6 Å². The van der Waals surface area contributed by atoms with Gasteiger partial charge in [0.2, 0.25) is 0 Å². The predicted octanol–water partition coefficient (Wildman–Crippen LogP) is 4.86. The van der Waals surface area contributed by atoms with Crippen molar-refractivity contribution in [1.29, 1.82) is 0 Å². The normalized spacial score (nSPS) is 19.2. The fraction of sp³-hybridized carbons (Fsp3) is 0.385. The van der Waals surface area contributed by atoms with E-state index in [1.165, 1.54) is 22.9 Å². The van der Waals surface area contributed by atoms with E-state index in [0.717, 1.165) is 43.1 Å². The molecule has 2 heterocycles. The minimum absolute atomic E-state index is 0.0603. The third-order valence-electron chi connectivity index (χ3n) is 7.34. The van der Waals surface area contributed by atoms with E-state index in [1.54, 1.807) is 25.6 Å². The van der Waals surface area contributed by atoms with E-state index < -0.39 is 7.14 Å². The second kappa shape index (κ2) is 9.53. The summed E-state index contributed by atoms with van der Waals surface area (Å²) in [5.74, 6) is 0.724. The number of nitrogens with zero attached hydrogens (tertiary/aromatic N) is 3. The molecule has 184 valence electrons. The molecule has 9 heteroatoms. The fourth-order valence-corrected chi connectivity index (χ4v) is 8.20. The van der Waals surface area contributed by atoms with Gasteiger partial charge in [-0.3, -0.25) is 0 Å². The zero-order valence-corrected chi connectivity index (χ0v) is 22.4. The number of hydrogen-bond acceptors (Lipinski definition) is 7. The van der Waals surface area contributed by atoms with E-state index in [-0.39, 0.29) is 18.1 Å². The monoisotopic (exact) mass is 528 g/mol. The molecule has 1 fully saturated rings. The molecule has 1 saturated heterocycles. The predicted molar refractivity (Wildman–Crippen MR) is 144 cm³/mol. The van der Waals surface area contributed by atoms with E-state index in [2.05, 4.69) is 34.1 Å². The molecule has 1 atom stereocenters. The molecule has 6 nitrogen and oxygen atoms in total. The van der Waals surface area contributed by atoms with E-state index in [1.807, 2.05) is 12.1 Å². The maximum Gasteiger partial charge on any atom is 0.152 e. The number of fused-ring (bicyclic) bond motifs is 1. The molecule has 35 heavy (non-hydrogen) atoms. The Bertz CT molecular complexity index is 1310. The quantitative estimate of drug-likeness (QED) is 0.457. The summed E-state index contributed by atoms with van der Waals surface area (Å²) in [5.41, 5.74) is 10.0. The van der Waals surface area contributed by atoms with Gasteiger partial charge < -0.3 is 20.3 Å². The topological polar surface area (TPSA) is 92.3 Å². The van der Waals surface area contributed by atoms with Crippen molar-refractivity contribution in [3.05, 3.63) is 70.5 Å². The fourth-order valence-electron chi connectivity index (χ4n) is 5.40. The van der Waals surface area contributed by atoms with Gasteiger partial charge >= 0.3 is 0 Å². The van der Waals surface area contributed by atoms with E-state index in [9.17, 15) is 9.67 Å². The largest absolute Gasteiger partial charge is 0.390 e. The summed E-state index contributed by atoms with van der Waals surface area (Å²) in [4.78, 5) is 12.4. The van der Waals surface area contributed by atoms with Crippen LogP contribution in [0.3, 0.4) is 0 Å². The van der Waals surface area contributed by atoms with Gasteiger partial charge in [-0.05, 0) is 61.3 Å². The average molecular weight is 529 g/mol. The van der Waals surface area contributed by atoms with Gasteiger partial charge in [-0.25, -0.2) is 9.97 Å². The maximum absolute atomic E-state index is 12.6. The number of anilines is 1. The number of rotatable bonds is 5. The van der Waals surface area contributed by atoms with Gasteiger partial charge in [0.25, 0.3) is 0 Å². The highest BCUT2D eigenvalue weighted by Gasteiger charge is 2.46. The van der Waals surface area contributed by atoms with Crippen LogP contribution in [0, 0.1) is 5.41 Å². The van der Waals surface area contributed by atoms with Crippen LogP contribution < -0.4 is 15.9 Å². The molecule has 1 aliphatic heterocycles. The second-order valence-electron chi connectivity index (χ2n) is 9.88. The van der Waals surface area contributed by atoms with Crippen molar-refractivity contribution in [1.82, 2.24) is 9.97 Å². The van der Waals surface area contributed by atoms with Crippen molar-refractivity contribution in [3.63, 3.8) is 0 Å². The lowest BCUT2D eigenvalue weighted by molar-refractivity contribution is 0.186. The summed E-state index contributed by atoms with van der Waals surface area (Å²) in [6.07, 6.45) is 4.69. The number of halogens is 1. The lowest BCUT2D eigenvalue weighted by atomic mass is 9.73. The van der Waals surface area contributed by atoms with Gasteiger partial charge in [0.15, 0.2) is 5.82 Å². The number of piperidine rings is 1. The number of aliphatic hydroxyl groups is 1. The van der Waals surface area contributed by atoms with Crippen molar-refractivity contribution in [2.24, 2.45) is 11.1 Å². The van der Waals surface area contributed by atoms with Crippen molar-refractivity contribution < 1.29 is 9.67 Å². The average Bonchev–Trinajstić information content (AvgIpc) is 3.11. The molecule has 3 N–H and O–H groups in total. The molecule has 0 bridgehead atoms. The zero-order valence-electron chi connectivity index (χ0n) is 19.9. The van der Waals surface area contributed by atoms with Crippen LogP contribution >= 0.6 is 30.5 Å². The molecular weight excluding hydrogens is 499 g/mol. The summed E-state index contributed by atoms with van der Waals surface area (Å²) < 4.78 is 12.6. The Morgan fingerprint density at radius 2 is 1.94 bits per heavy atom. The molecule has 0 saturated carbocycles. The zero-order chi connectivity index (χ0) is 24.8. The smallest absolute Gasteiger partial charge is 0.152 e. The lowest BCUT2D eigenvalue weighted by Gasteiger charge is -2.42. The van der Waals surface area contributed by atoms with Crippen molar-refractivity contribution in [3.8, 4) is 0 Å². The van der Waals surface area contributed by atoms with Crippen molar-refractivity contribution in [2.45, 2.75) is 41.8 Å². The third-order valence-corrected chi connectivity index (χ3v) is 10.5. The number of nitrogens with two attached hydrogens (primary N) is 1. The van der Waals surface area contributed by atoms with Crippen LogP contribution in [0.25, 0.3) is 0 Å². The van der Waals surface area contributed by atoms with Crippen molar-refractivity contribution >= 4 is 41.6 Å². The third kappa shape index (κ3) is 4.65. The Hall–Kier alpha value is -1.89. The van der Waals surface area contributed by atoms with Crippen LogP contribution in [0.1, 0.15) is 35.7 Å². The summed E-state index contributed by atoms with van der Waals surface area (Å²) in [7, 11) is -2.50.